The summed E-state index contributed by atoms with van der Waals surface area (Å²) in [6.45, 7) is 6.95. The summed E-state index contributed by atoms with van der Waals surface area (Å²) in [5, 5.41) is 0. The smallest absolute Gasteiger partial charge is 0.176 e. The highest BCUT2D eigenvalue weighted by Crippen LogP contribution is 2.17. The fraction of sp³-hybridized carbons (Fsp3) is 0.611. The van der Waals surface area contributed by atoms with Crippen LogP contribution in [0.1, 0.15) is 48.5 Å². The van der Waals surface area contributed by atoms with E-state index in [0.717, 1.165) is 31.5 Å². The topological polar surface area (TPSA) is 23.6 Å². The van der Waals surface area contributed by atoms with E-state index in [4.69, 9.17) is 0 Å². The molecule has 0 radical (unpaired) electrons. The van der Waals surface area contributed by atoms with Gasteiger partial charge in [0.1, 0.15) is 0 Å². The first kappa shape index (κ1) is 16.2. The zero-order valence-electron chi connectivity index (χ0n) is 13.8. The zero-order valence-corrected chi connectivity index (χ0v) is 13.8. The van der Waals surface area contributed by atoms with E-state index in [9.17, 15) is 4.79 Å². The molecule has 1 aliphatic heterocycles. The van der Waals surface area contributed by atoms with E-state index in [0.29, 0.717) is 18.5 Å². The van der Waals surface area contributed by atoms with Crippen molar-refractivity contribution in [2.45, 2.75) is 38.6 Å². The fourth-order valence-corrected chi connectivity index (χ4v) is 2.94. The van der Waals surface area contributed by atoms with Gasteiger partial charge in [0.2, 0.25) is 0 Å². The summed E-state index contributed by atoms with van der Waals surface area (Å²) in [5.74, 6) is 0.757. The Balaban J connectivity index is 1.87. The molecule has 0 spiro atoms. The van der Waals surface area contributed by atoms with Crippen LogP contribution in [-0.2, 0) is 0 Å². The van der Waals surface area contributed by atoms with Crippen LogP contribution >= 0.6 is 0 Å². The van der Waals surface area contributed by atoms with Crippen molar-refractivity contribution in [2.24, 2.45) is 0 Å². The molecule has 1 aromatic carbocycles. The zero-order chi connectivity index (χ0) is 15.4. The van der Waals surface area contributed by atoms with Gasteiger partial charge in [0, 0.05) is 24.7 Å². The normalized spacial score (nSPS) is 17.6. The van der Waals surface area contributed by atoms with Crippen LogP contribution in [0, 0.1) is 0 Å². The van der Waals surface area contributed by atoms with E-state index < -0.39 is 0 Å². The maximum absolute atomic E-state index is 12.4. The Hall–Kier alpha value is -1.19. The van der Waals surface area contributed by atoms with Crippen LogP contribution in [0.15, 0.2) is 24.3 Å². The van der Waals surface area contributed by atoms with Gasteiger partial charge in [0.15, 0.2) is 5.78 Å². The van der Waals surface area contributed by atoms with Crippen LogP contribution in [0.5, 0.6) is 0 Å². The molecule has 1 saturated heterocycles. The number of piperidine rings is 1. The molecular formula is C18H28N2O. The lowest BCUT2D eigenvalue weighted by Gasteiger charge is -2.34. The Morgan fingerprint density at radius 2 is 1.76 bits per heavy atom. The average Bonchev–Trinajstić information content (AvgIpc) is 2.47. The van der Waals surface area contributed by atoms with Crippen molar-refractivity contribution in [2.75, 3.05) is 33.7 Å². The maximum Gasteiger partial charge on any atom is 0.176 e. The third-order valence-corrected chi connectivity index (χ3v) is 4.55. The molecule has 1 aliphatic rings. The molecule has 1 heterocycles. The number of ketones is 1. The second-order valence-corrected chi connectivity index (χ2v) is 6.67. The number of benzene rings is 1. The number of rotatable bonds is 5. The Labute approximate surface area is 128 Å². The second kappa shape index (κ2) is 7.19. The molecule has 0 saturated carbocycles. The molecule has 0 bridgehead atoms. The molecular weight excluding hydrogens is 260 g/mol. The summed E-state index contributed by atoms with van der Waals surface area (Å²) < 4.78 is 0. The molecule has 0 amide bonds. The van der Waals surface area contributed by atoms with Crippen LogP contribution in [0.3, 0.4) is 0 Å². The van der Waals surface area contributed by atoms with E-state index in [2.05, 4.69) is 49.9 Å². The maximum atomic E-state index is 12.4. The van der Waals surface area contributed by atoms with Crippen LogP contribution in [0.4, 0.5) is 0 Å². The quantitative estimate of drug-likeness (QED) is 0.778. The number of hydrogen-bond donors (Lipinski definition) is 0. The summed E-state index contributed by atoms with van der Waals surface area (Å²) >= 11 is 0. The van der Waals surface area contributed by atoms with Crippen molar-refractivity contribution in [1.29, 1.82) is 0 Å². The predicted molar refractivity (Wildman–Crippen MR) is 88.0 cm³/mol. The highest BCUT2D eigenvalue weighted by molar-refractivity contribution is 5.97. The highest BCUT2D eigenvalue weighted by atomic mass is 16.1. The van der Waals surface area contributed by atoms with E-state index in [-0.39, 0.29) is 5.78 Å². The van der Waals surface area contributed by atoms with E-state index in [1.807, 2.05) is 12.1 Å². The number of hydrogen-bond acceptors (Lipinski definition) is 3. The molecule has 0 N–H and O–H groups in total. The molecule has 1 aromatic rings. The lowest BCUT2D eigenvalue weighted by Crippen LogP contribution is -2.43. The third-order valence-electron chi connectivity index (χ3n) is 4.55. The number of likely N-dealkylation sites (tertiary alicyclic amines) is 1. The Morgan fingerprint density at radius 3 is 2.24 bits per heavy atom. The summed E-state index contributed by atoms with van der Waals surface area (Å²) in [5.41, 5.74) is 2.13. The summed E-state index contributed by atoms with van der Waals surface area (Å²) in [4.78, 5) is 16.9. The van der Waals surface area contributed by atoms with Gasteiger partial charge >= 0.3 is 0 Å². The van der Waals surface area contributed by atoms with Crippen molar-refractivity contribution in [3.8, 4) is 0 Å². The van der Waals surface area contributed by atoms with E-state index in [1.54, 1.807) is 0 Å². The van der Waals surface area contributed by atoms with Crippen LogP contribution in [0.25, 0.3) is 0 Å². The van der Waals surface area contributed by atoms with Crippen LogP contribution in [0.2, 0.25) is 0 Å². The Kier molecular flexibility index (Phi) is 5.54. The van der Waals surface area contributed by atoms with Gasteiger partial charge in [-0.15, -0.1) is 0 Å². The first-order chi connectivity index (χ1) is 9.97. The molecule has 0 aromatic heterocycles. The van der Waals surface area contributed by atoms with Gasteiger partial charge in [0.05, 0.1) is 6.54 Å². The monoisotopic (exact) mass is 288 g/mol. The molecule has 2 rings (SSSR count). The van der Waals surface area contributed by atoms with E-state index >= 15 is 0 Å². The summed E-state index contributed by atoms with van der Waals surface area (Å²) in [6, 6.07) is 8.78. The van der Waals surface area contributed by atoms with Gasteiger partial charge in [-0.05, 0) is 38.4 Å². The highest BCUT2D eigenvalue weighted by Gasteiger charge is 2.22. The van der Waals surface area contributed by atoms with Gasteiger partial charge < -0.3 is 4.90 Å². The van der Waals surface area contributed by atoms with Crippen molar-refractivity contribution in [3.63, 3.8) is 0 Å². The average molecular weight is 288 g/mol. The molecule has 0 atom stereocenters. The van der Waals surface area contributed by atoms with Gasteiger partial charge in [-0.3, -0.25) is 9.69 Å². The van der Waals surface area contributed by atoms with Crippen molar-refractivity contribution in [3.05, 3.63) is 35.4 Å². The molecule has 3 heteroatoms. The minimum absolute atomic E-state index is 0.244. The number of Topliss-reactive ketones (excluding diaryl/α,β-unsaturated/α-hetero) is 1. The molecule has 3 nitrogen and oxygen atoms in total. The van der Waals surface area contributed by atoms with Gasteiger partial charge in [-0.2, -0.15) is 0 Å². The van der Waals surface area contributed by atoms with Crippen molar-refractivity contribution < 1.29 is 4.79 Å². The number of carbonyl (C=O) groups is 1. The third kappa shape index (κ3) is 4.39. The second-order valence-electron chi connectivity index (χ2n) is 6.67. The van der Waals surface area contributed by atoms with Crippen LogP contribution < -0.4 is 0 Å². The number of carbonyl (C=O) groups excluding carboxylic acids is 1. The van der Waals surface area contributed by atoms with Crippen molar-refractivity contribution in [1.82, 2.24) is 9.80 Å². The minimum atomic E-state index is 0.244. The predicted octanol–water partition coefficient (Wildman–Crippen LogP) is 3.02. The van der Waals surface area contributed by atoms with Gasteiger partial charge in [-0.25, -0.2) is 0 Å². The lowest BCUT2D eigenvalue weighted by molar-refractivity contribution is 0.0874. The van der Waals surface area contributed by atoms with E-state index in [1.165, 1.54) is 5.56 Å². The first-order valence-corrected chi connectivity index (χ1v) is 7.99. The fourth-order valence-electron chi connectivity index (χ4n) is 2.94. The van der Waals surface area contributed by atoms with Crippen molar-refractivity contribution >= 4 is 5.78 Å². The van der Waals surface area contributed by atoms with Gasteiger partial charge in [0.25, 0.3) is 0 Å². The molecule has 0 aliphatic carbocycles. The Bertz CT molecular complexity index is 457. The first-order valence-electron chi connectivity index (χ1n) is 7.99. The minimum Gasteiger partial charge on any atom is -0.306 e. The van der Waals surface area contributed by atoms with Crippen LogP contribution in [-0.4, -0.2) is 55.4 Å². The van der Waals surface area contributed by atoms with Gasteiger partial charge in [-0.1, -0.05) is 38.1 Å². The lowest BCUT2D eigenvalue weighted by atomic mass is 9.99. The molecule has 1 fully saturated rings. The standard InChI is InChI=1S/C18H28N2O/c1-14(2)15-5-7-16(8-6-15)18(21)13-20-11-9-17(10-12-20)19(3)4/h5-8,14,17H,9-13H2,1-4H3. The SMILES string of the molecule is CC(C)c1ccc(C(=O)CN2CCC(N(C)C)CC2)cc1. The summed E-state index contributed by atoms with van der Waals surface area (Å²) in [7, 11) is 4.28. The number of nitrogens with zero attached hydrogens (tertiary/aromatic N) is 2. The largest absolute Gasteiger partial charge is 0.306 e. The Morgan fingerprint density at radius 1 is 1.19 bits per heavy atom. The molecule has 116 valence electrons. The molecule has 21 heavy (non-hydrogen) atoms. The molecule has 0 unspecified atom stereocenters. The summed E-state index contributed by atoms with van der Waals surface area (Å²) in [6.07, 6.45) is 2.32.